The molecular weight excluding hydrogens is 172 g/mol. The Morgan fingerprint density at radius 2 is 1.21 bits per heavy atom. The molecule has 1 aliphatic carbocycles. The van der Waals surface area contributed by atoms with E-state index in [1.807, 2.05) is 5.94 Å². The molecule has 0 aromatic carbocycles. The summed E-state index contributed by atoms with van der Waals surface area (Å²) in [5, 5.41) is 0. The van der Waals surface area contributed by atoms with Gasteiger partial charge in [0, 0.05) is 6.08 Å². The first-order chi connectivity index (χ1) is 6.93. The molecule has 1 rings (SSSR count). The van der Waals surface area contributed by atoms with Crippen LogP contribution in [0.15, 0.2) is 6.08 Å². The molecule has 0 saturated heterocycles. The molecule has 0 aromatic rings. The molecule has 80 valence electrons. The van der Waals surface area contributed by atoms with Gasteiger partial charge in [0.1, 0.15) is 5.94 Å². The van der Waals surface area contributed by atoms with Crippen LogP contribution in [-0.2, 0) is 4.79 Å². The summed E-state index contributed by atoms with van der Waals surface area (Å²) in [6.45, 7) is 0. The molecule has 0 unspecified atom stereocenters. The van der Waals surface area contributed by atoms with Crippen LogP contribution in [0, 0.1) is 5.92 Å². The van der Waals surface area contributed by atoms with Gasteiger partial charge >= 0.3 is 0 Å². The summed E-state index contributed by atoms with van der Waals surface area (Å²) in [6, 6.07) is 0. The molecule has 1 aliphatic rings. The molecule has 1 fully saturated rings. The molecule has 1 saturated carbocycles. The van der Waals surface area contributed by atoms with Gasteiger partial charge in [-0.25, -0.2) is 4.79 Å². The van der Waals surface area contributed by atoms with Crippen molar-refractivity contribution in [1.29, 1.82) is 0 Å². The number of allylic oxidation sites excluding steroid dienone is 1. The van der Waals surface area contributed by atoms with Gasteiger partial charge in [0.25, 0.3) is 0 Å². The average Bonchev–Trinajstić information content (AvgIpc) is 2.24. The van der Waals surface area contributed by atoms with Gasteiger partial charge < -0.3 is 0 Å². The maximum atomic E-state index is 10.3. The maximum absolute atomic E-state index is 10.3. The van der Waals surface area contributed by atoms with Gasteiger partial charge in [-0.05, 0) is 18.8 Å². The third-order valence-electron chi connectivity index (χ3n) is 3.20. The summed E-state index contributed by atoms with van der Waals surface area (Å²) < 4.78 is 0. The van der Waals surface area contributed by atoms with E-state index in [0.29, 0.717) is 5.92 Å². The summed E-state index contributed by atoms with van der Waals surface area (Å²) in [5.41, 5.74) is 0. The Balaban J connectivity index is 2.30. The number of rotatable bonds is 1. The Morgan fingerprint density at radius 1 is 0.786 bits per heavy atom. The molecule has 1 heteroatoms. The average molecular weight is 194 g/mol. The van der Waals surface area contributed by atoms with Crippen LogP contribution in [-0.4, -0.2) is 5.94 Å². The summed E-state index contributed by atoms with van der Waals surface area (Å²) in [7, 11) is 0. The Labute approximate surface area is 87.6 Å². The largest absolute Gasteiger partial charge is 0.234 e. The fourth-order valence-corrected chi connectivity index (χ4v) is 2.28. The van der Waals surface area contributed by atoms with Crippen LogP contribution < -0.4 is 0 Å². The van der Waals surface area contributed by atoms with Crippen LogP contribution in [0.4, 0.5) is 0 Å². The second-order valence-electron chi connectivity index (χ2n) is 4.45. The minimum Gasteiger partial charge on any atom is -0.234 e. The quantitative estimate of drug-likeness (QED) is 0.578. The van der Waals surface area contributed by atoms with Crippen molar-refractivity contribution in [1.82, 2.24) is 0 Å². The van der Waals surface area contributed by atoms with E-state index >= 15 is 0 Å². The second-order valence-corrected chi connectivity index (χ2v) is 4.45. The van der Waals surface area contributed by atoms with E-state index in [1.54, 1.807) is 6.08 Å². The first-order valence-electron chi connectivity index (χ1n) is 6.14. The fraction of sp³-hybridized carbons (Fsp3) is 0.846. The molecular formula is C13H22O. The molecule has 0 bridgehead atoms. The van der Waals surface area contributed by atoms with Crippen LogP contribution in [0.25, 0.3) is 0 Å². The summed E-state index contributed by atoms with van der Waals surface area (Å²) in [4.78, 5) is 10.3. The van der Waals surface area contributed by atoms with Crippen LogP contribution in [0.2, 0.25) is 0 Å². The SMILES string of the molecule is O=C=CC1CCCCCCCCCC1. The lowest BCUT2D eigenvalue weighted by atomic mass is 9.96. The van der Waals surface area contributed by atoms with E-state index < -0.39 is 0 Å². The lowest BCUT2D eigenvalue weighted by Gasteiger charge is -2.09. The molecule has 0 aromatic heterocycles. The smallest absolute Gasteiger partial charge is 0.120 e. The molecule has 0 heterocycles. The van der Waals surface area contributed by atoms with E-state index in [4.69, 9.17) is 0 Å². The molecule has 14 heavy (non-hydrogen) atoms. The van der Waals surface area contributed by atoms with Crippen LogP contribution in [0.1, 0.15) is 64.2 Å². The number of hydrogen-bond acceptors (Lipinski definition) is 1. The molecule has 0 aliphatic heterocycles. The number of hydrogen-bond donors (Lipinski definition) is 0. The zero-order chi connectivity index (χ0) is 10.1. The van der Waals surface area contributed by atoms with Crippen molar-refractivity contribution in [2.24, 2.45) is 5.92 Å². The van der Waals surface area contributed by atoms with Gasteiger partial charge in [-0.15, -0.1) is 0 Å². The zero-order valence-corrected chi connectivity index (χ0v) is 9.13. The lowest BCUT2D eigenvalue weighted by molar-refractivity contribution is 0.486. The second kappa shape index (κ2) is 7.82. The van der Waals surface area contributed by atoms with Crippen LogP contribution in [0.5, 0.6) is 0 Å². The van der Waals surface area contributed by atoms with E-state index in [-0.39, 0.29) is 0 Å². The fourth-order valence-electron chi connectivity index (χ4n) is 2.28. The van der Waals surface area contributed by atoms with Gasteiger partial charge in [0.2, 0.25) is 0 Å². The van der Waals surface area contributed by atoms with Crippen molar-refractivity contribution in [2.45, 2.75) is 64.2 Å². The molecule has 0 atom stereocenters. The first-order valence-corrected chi connectivity index (χ1v) is 6.14. The molecule has 0 amide bonds. The van der Waals surface area contributed by atoms with E-state index in [1.165, 1.54) is 64.2 Å². The summed E-state index contributed by atoms with van der Waals surface area (Å²) in [5.74, 6) is 2.48. The van der Waals surface area contributed by atoms with Crippen LogP contribution in [0.3, 0.4) is 0 Å². The highest BCUT2D eigenvalue weighted by Crippen LogP contribution is 2.21. The predicted molar refractivity (Wildman–Crippen MR) is 59.9 cm³/mol. The van der Waals surface area contributed by atoms with Gasteiger partial charge in [-0.1, -0.05) is 51.4 Å². The highest BCUT2D eigenvalue weighted by atomic mass is 16.1. The standard InChI is InChI=1S/C13H22O/c14-12-11-13-9-7-5-3-1-2-4-6-8-10-13/h11,13H,1-10H2. The Hall–Kier alpha value is -0.550. The van der Waals surface area contributed by atoms with Crippen LogP contribution >= 0.6 is 0 Å². The lowest BCUT2D eigenvalue weighted by Crippen LogP contribution is -1.97. The Bertz CT molecular complexity index is 168. The number of carbonyl (C=O) groups excluding carboxylic acids is 1. The minimum absolute atomic E-state index is 0.519. The van der Waals surface area contributed by atoms with E-state index in [9.17, 15) is 4.79 Å². The van der Waals surface area contributed by atoms with Crippen molar-refractivity contribution in [3.05, 3.63) is 6.08 Å². The van der Waals surface area contributed by atoms with Crippen molar-refractivity contribution in [3.8, 4) is 0 Å². The third kappa shape index (κ3) is 5.24. The molecule has 0 radical (unpaired) electrons. The monoisotopic (exact) mass is 194 g/mol. The summed E-state index contributed by atoms with van der Waals surface area (Å²) >= 11 is 0. The van der Waals surface area contributed by atoms with Gasteiger partial charge in [0.15, 0.2) is 0 Å². The summed E-state index contributed by atoms with van der Waals surface area (Å²) in [6.07, 6.45) is 15.0. The highest BCUT2D eigenvalue weighted by molar-refractivity contribution is 5.45. The van der Waals surface area contributed by atoms with Gasteiger partial charge in [0.05, 0.1) is 0 Å². The Morgan fingerprint density at radius 3 is 1.64 bits per heavy atom. The molecule has 1 nitrogen and oxygen atoms in total. The Kier molecular flexibility index (Phi) is 6.43. The molecule has 0 N–H and O–H groups in total. The maximum Gasteiger partial charge on any atom is 0.120 e. The van der Waals surface area contributed by atoms with Crippen molar-refractivity contribution < 1.29 is 4.79 Å². The third-order valence-corrected chi connectivity index (χ3v) is 3.20. The highest BCUT2D eigenvalue weighted by Gasteiger charge is 2.06. The topological polar surface area (TPSA) is 17.1 Å². The van der Waals surface area contributed by atoms with Gasteiger partial charge in [-0.3, -0.25) is 0 Å². The van der Waals surface area contributed by atoms with E-state index in [0.717, 1.165) is 0 Å². The normalized spacial score (nSPS) is 22.0. The van der Waals surface area contributed by atoms with Crippen molar-refractivity contribution >= 4 is 5.94 Å². The predicted octanol–water partition coefficient (Wildman–Crippen LogP) is 3.91. The van der Waals surface area contributed by atoms with Crippen molar-refractivity contribution in [3.63, 3.8) is 0 Å². The van der Waals surface area contributed by atoms with Gasteiger partial charge in [-0.2, -0.15) is 0 Å². The van der Waals surface area contributed by atoms with E-state index in [2.05, 4.69) is 0 Å². The molecule has 0 spiro atoms. The van der Waals surface area contributed by atoms with Crippen molar-refractivity contribution in [2.75, 3.05) is 0 Å². The first kappa shape index (κ1) is 11.5. The minimum atomic E-state index is 0.519. The zero-order valence-electron chi connectivity index (χ0n) is 9.13.